The number of nitrogens with zero attached hydrogens (tertiary/aromatic N) is 1. The predicted molar refractivity (Wildman–Crippen MR) is 168 cm³/mol. The van der Waals surface area contributed by atoms with Crippen LogP contribution in [0.2, 0.25) is 5.04 Å². The maximum atomic E-state index is 9.91. The third-order valence-corrected chi connectivity index (χ3v) is 12.5. The smallest absolute Gasteiger partial charge is 0.261 e. The molecule has 0 aromatic heterocycles. The Morgan fingerprint density at radius 3 is 1.59 bits per heavy atom. The summed E-state index contributed by atoms with van der Waals surface area (Å²) >= 11 is 0. The van der Waals surface area contributed by atoms with E-state index >= 15 is 0 Å². The Morgan fingerprint density at radius 2 is 1.12 bits per heavy atom. The second kappa shape index (κ2) is 14.9. The number of rotatable bonds is 14. The van der Waals surface area contributed by atoms with Gasteiger partial charge in [-0.3, -0.25) is 0 Å². The van der Waals surface area contributed by atoms with Gasteiger partial charge in [-0.1, -0.05) is 142 Å². The Morgan fingerprint density at radius 1 is 0.659 bits per heavy atom. The van der Waals surface area contributed by atoms with Crippen LogP contribution >= 0.6 is 0 Å². The lowest BCUT2D eigenvalue weighted by Crippen LogP contribution is -2.67. The van der Waals surface area contributed by atoms with Crippen LogP contribution in [-0.4, -0.2) is 27.6 Å². The van der Waals surface area contributed by atoms with E-state index in [9.17, 15) is 5.26 Å². The minimum atomic E-state index is -2.76. The quantitative estimate of drug-likeness (QED) is 0.157. The van der Waals surface area contributed by atoms with Crippen LogP contribution in [0.5, 0.6) is 0 Å². The highest BCUT2D eigenvalue weighted by Crippen LogP contribution is 2.37. The molecule has 0 fully saturated rings. The largest absolute Gasteiger partial charge is 0.407 e. The zero-order valence-electron chi connectivity index (χ0n) is 24.4. The van der Waals surface area contributed by atoms with E-state index in [1.807, 2.05) is 48.5 Å². The van der Waals surface area contributed by atoms with Crippen molar-refractivity contribution in [2.75, 3.05) is 13.2 Å². The number of hydrogen-bond donors (Lipinski definition) is 0. The van der Waals surface area contributed by atoms with Crippen molar-refractivity contribution >= 4 is 18.7 Å². The molecule has 0 bridgehead atoms. The molecule has 0 amide bonds. The lowest BCUT2D eigenvalue weighted by molar-refractivity contribution is -0.0664. The van der Waals surface area contributed by atoms with E-state index in [0.29, 0.717) is 32.8 Å². The first-order chi connectivity index (χ1) is 19.9. The number of hydrogen-bond acceptors (Lipinski definition) is 4. The van der Waals surface area contributed by atoms with Gasteiger partial charge in [0, 0.05) is 18.9 Å². The van der Waals surface area contributed by atoms with Crippen molar-refractivity contribution in [1.82, 2.24) is 0 Å². The van der Waals surface area contributed by atoms with Gasteiger partial charge in [0.05, 0.1) is 32.0 Å². The van der Waals surface area contributed by atoms with E-state index in [1.165, 1.54) is 10.4 Å². The number of ether oxygens (including phenoxy) is 2. The second-order valence-electron chi connectivity index (χ2n) is 11.4. The molecule has 0 unspecified atom stereocenters. The Kier molecular flexibility index (Phi) is 11.1. The van der Waals surface area contributed by atoms with Crippen LogP contribution in [-0.2, 0) is 27.1 Å². The van der Waals surface area contributed by atoms with E-state index in [2.05, 4.69) is 99.6 Å². The predicted octanol–water partition coefficient (Wildman–Crippen LogP) is 6.90. The molecule has 0 radical (unpaired) electrons. The van der Waals surface area contributed by atoms with Gasteiger partial charge >= 0.3 is 0 Å². The van der Waals surface area contributed by atoms with Crippen molar-refractivity contribution in [1.29, 1.82) is 5.26 Å². The molecule has 0 aliphatic rings. The zero-order valence-corrected chi connectivity index (χ0v) is 25.4. The SMILES string of the molecule is CC(C)(C)[Si](OC[C@@H](CC#N)[C@@H](COCc1ccccc1)OCc1ccccc1)(c1ccccc1)c1ccccc1. The maximum absolute atomic E-state index is 9.91. The first kappa shape index (κ1) is 30.4. The van der Waals surface area contributed by atoms with Gasteiger partial charge in [0.25, 0.3) is 8.32 Å². The molecule has 0 heterocycles. The fraction of sp³-hybridized carbons (Fsp3) is 0.306. The fourth-order valence-corrected chi connectivity index (χ4v) is 9.99. The van der Waals surface area contributed by atoms with E-state index in [1.54, 1.807) is 0 Å². The summed E-state index contributed by atoms with van der Waals surface area (Å²) in [5.74, 6) is -0.166. The molecular weight excluding hydrogens is 522 g/mol. The van der Waals surface area contributed by atoms with Gasteiger partial charge in [-0.2, -0.15) is 5.26 Å². The molecule has 212 valence electrons. The third kappa shape index (κ3) is 8.03. The van der Waals surface area contributed by atoms with Crippen molar-refractivity contribution in [3.05, 3.63) is 132 Å². The van der Waals surface area contributed by atoms with Crippen LogP contribution in [0.4, 0.5) is 0 Å². The van der Waals surface area contributed by atoms with Crippen LogP contribution in [0, 0.1) is 17.2 Å². The first-order valence-electron chi connectivity index (χ1n) is 14.3. The minimum Gasteiger partial charge on any atom is -0.407 e. The van der Waals surface area contributed by atoms with Crippen molar-refractivity contribution < 1.29 is 13.9 Å². The molecule has 0 spiro atoms. The highest BCUT2D eigenvalue weighted by Gasteiger charge is 2.50. The molecule has 2 atom stereocenters. The van der Waals surface area contributed by atoms with Crippen LogP contribution in [0.3, 0.4) is 0 Å². The second-order valence-corrected chi connectivity index (χ2v) is 15.7. The molecule has 0 aliphatic heterocycles. The number of benzene rings is 4. The molecule has 0 N–H and O–H groups in total. The summed E-state index contributed by atoms with van der Waals surface area (Å²) in [7, 11) is -2.76. The summed E-state index contributed by atoms with van der Waals surface area (Å²) in [5.41, 5.74) is 2.19. The van der Waals surface area contributed by atoms with E-state index in [4.69, 9.17) is 13.9 Å². The van der Waals surface area contributed by atoms with E-state index < -0.39 is 8.32 Å². The Labute approximate surface area is 246 Å². The third-order valence-electron chi connectivity index (χ3n) is 7.51. The molecule has 0 saturated heterocycles. The summed E-state index contributed by atoms with van der Waals surface area (Å²) in [6.07, 6.45) is 0.00333. The summed E-state index contributed by atoms with van der Waals surface area (Å²) in [4.78, 5) is 0. The van der Waals surface area contributed by atoms with Gasteiger partial charge in [0.15, 0.2) is 0 Å². The van der Waals surface area contributed by atoms with Crippen LogP contribution in [0.15, 0.2) is 121 Å². The molecule has 5 heteroatoms. The van der Waals surface area contributed by atoms with Crippen LogP contribution < -0.4 is 10.4 Å². The Bertz CT molecular complexity index is 1300. The van der Waals surface area contributed by atoms with Crippen molar-refractivity contribution in [3.8, 4) is 6.07 Å². The average Bonchev–Trinajstić information content (AvgIpc) is 3.00. The Balaban J connectivity index is 1.62. The van der Waals surface area contributed by atoms with Crippen molar-refractivity contribution in [3.63, 3.8) is 0 Å². The van der Waals surface area contributed by atoms with Crippen molar-refractivity contribution in [2.45, 2.75) is 51.5 Å². The number of nitriles is 1. The molecular formula is C36H41NO3Si. The fourth-order valence-electron chi connectivity index (χ4n) is 5.37. The average molecular weight is 564 g/mol. The standard InChI is InChI=1S/C36H41NO3Si/c1-36(2,3)41(33-20-12-6-13-21-33,34-22-14-7-15-23-34)40-28-32(24-25-37)35(39-27-31-18-10-5-11-19-31)29-38-26-30-16-8-4-9-17-30/h4-23,32,35H,24,26-29H2,1-3H3/t32-,35-/m1/s1. The van der Waals surface area contributed by atoms with Crippen LogP contribution in [0.25, 0.3) is 0 Å². The van der Waals surface area contributed by atoms with Gasteiger partial charge in [-0.25, -0.2) is 0 Å². The minimum absolute atomic E-state index is 0.156. The topological polar surface area (TPSA) is 51.5 Å². The van der Waals surface area contributed by atoms with E-state index in [0.717, 1.165) is 11.1 Å². The zero-order chi connectivity index (χ0) is 29.0. The van der Waals surface area contributed by atoms with E-state index in [-0.39, 0.29) is 17.1 Å². The molecule has 0 aliphatic carbocycles. The normalized spacial score (nSPS) is 13.3. The maximum Gasteiger partial charge on any atom is 0.261 e. The molecule has 0 saturated carbocycles. The highest BCUT2D eigenvalue weighted by atomic mass is 28.4. The molecule has 4 nitrogen and oxygen atoms in total. The summed E-state index contributed by atoms with van der Waals surface area (Å²) < 4.78 is 19.9. The van der Waals surface area contributed by atoms with Crippen LogP contribution in [0.1, 0.15) is 38.3 Å². The lowest BCUT2D eigenvalue weighted by atomic mass is 10.0. The highest BCUT2D eigenvalue weighted by molar-refractivity contribution is 6.99. The molecule has 4 aromatic rings. The molecule has 41 heavy (non-hydrogen) atoms. The van der Waals surface area contributed by atoms with Crippen molar-refractivity contribution in [2.24, 2.45) is 5.92 Å². The lowest BCUT2D eigenvalue weighted by Gasteiger charge is -2.44. The molecule has 4 aromatic carbocycles. The first-order valence-corrected chi connectivity index (χ1v) is 16.2. The Hall–Kier alpha value is -3.53. The summed E-state index contributed by atoms with van der Waals surface area (Å²) in [5, 5.41) is 12.2. The van der Waals surface area contributed by atoms with Gasteiger partial charge in [0.1, 0.15) is 0 Å². The molecule has 4 rings (SSSR count). The van der Waals surface area contributed by atoms with Gasteiger partial charge < -0.3 is 13.9 Å². The monoisotopic (exact) mass is 563 g/mol. The van der Waals surface area contributed by atoms with Gasteiger partial charge in [-0.05, 0) is 26.5 Å². The van der Waals surface area contributed by atoms with Gasteiger partial charge in [0.2, 0.25) is 0 Å². The summed E-state index contributed by atoms with van der Waals surface area (Å²) in [6.45, 7) is 8.51. The van der Waals surface area contributed by atoms with Gasteiger partial charge in [-0.15, -0.1) is 0 Å². The summed E-state index contributed by atoms with van der Waals surface area (Å²) in [6, 6.07) is 43.9.